The summed E-state index contributed by atoms with van der Waals surface area (Å²) in [4.78, 5) is 24.2. The Morgan fingerprint density at radius 2 is 1.90 bits per heavy atom. The van der Waals surface area contributed by atoms with E-state index in [0.717, 1.165) is 11.4 Å². The van der Waals surface area contributed by atoms with Gasteiger partial charge in [-0.2, -0.15) is 10.4 Å². The van der Waals surface area contributed by atoms with Gasteiger partial charge in [0.05, 0.1) is 40.8 Å². The second kappa shape index (κ2) is 8.85. The molecule has 0 aliphatic heterocycles. The first-order valence-corrected chi connectivity index (χ1v) is 9.04. The molecule has 29 heavy (non-hydrogen) atoms. The lowest BCUT2D eigenvalue weighted by atomic mass is 10.1. The molecule has 7 heteroatoms. The number of carbonyl (C=O) groups excluding carboxylic acids is 2. The van der Waals surface area contributed by atoms with Crippen LogP contribution in [0.4, 0.5) is 5.69 Å². The van der Waals surface area contributed by atoms with E-state index in [1.165, 1.54) is 0 Å². The third-order valence-corrected chi connectivity index (χ3v) is 4.33. The van der Waals surface area contributed by atoms with Gasteiger partial charge in [-0.15, -0.1) is 0 Å². The smallest absolute Gasteiger partial charge is 0.310 e. The van der Waals surface area contributed by atoms with Crippen LogP contribution in [-0.2, 0) is 20.7 Å². The lowest BCUT2D eigenvalue weighted by molar-refractivity contribution is -0.146. The fraction of sp³-hybridized carbons (Fsp3) is 0.182. The number of carbonyl (C=O) groups is 2. The molecule has 0 bridgehead atoms. The Labute approximate surface area is 168 Å². The Morgan fingerprint density at radius 3 is 2.62 bits per heavy atom. The zero-order valence-electron chi connectivity index (χ0n) is 16.2. The van der Waals surface area contributed by atoms with Gasteiger partial charge in [-0.3, -0.25) is 9.59 Å². The highest BCUT2D eigenvalue weighted by molar-refractivity contribution is 5.94. The largest absolute Gasteiger partial charge is 0.455 e. The maximum Gasteiger partial charge on any atom is 0.310 e. The van der Waals surface area contributed by atoms with Crippen molar-refractivity contribution in [2.24, 2.45) is 0 Å². The summed E-state index contributed by atoms with van der Waals surface area (Å²) in [5.41, 5.74) is 4.05. The van der Waals surface area contributed by atoms with E-state index in [4.69, 9.17) is 10.00 Å². The number of hydrogen-bond acceptors (Lipinski definition) is 5. The summed E-state index contributed by atoms with van der Waals surface area (Å²) in [5.74, 6) is -0.980. The van der Waals surface area contributed by atoms with Gasteiger partial charge in [0.2, 0.25) is 0 Å². The minimum atomic E-state index is -0.538. The SMILES string of the molecule is Cc1nn(-c2ccccc2)c(C)c1NC(=O)COC(=O)Cc1cccc(C#N)c1. The molecule has 1 N–H and O–H groups in total. The van der Waals surface area contributed by atoms with E-state index >= 15 is 0 Å². The molecule has 0 unspecified atom stereocenters. The van der Waals surface area contributed by atoms with Crippen LogP contribution in [0.5, 0.6) is 0 Å². The predicted octanol–water partition coefficient (Wildman–Crippen LogP) is 3.09. The number of amides is 1. The number of rotatable bonds is 6. The molecule has 0 aliphatic rings. The number of para-hydroxylation sites is 1. The van der Waals surface area contributed by atoms with Gasteiger partial charge in [-0.1, -0.05) is 30.3 Å². The van der Waals surface area contributed by atoms with E-state index in [9.17, 15) is 9.59 Å². The molecule has 0 spiro atoms. The molecule has 0 saturated heterocycles. The van der Waals surface area contributed by atoms with Crippen LogP contribution in [0.2, 0.25) is 0 Å². The van der Waals surface area contributed by atoms with Crippen molar-refractivity contribution in [1.29, 1.82) is 5.26 Å². The summed E-state index contributed by atoms with van der Waals surface area (Å²) in [6.07, 6.45) is -0.00715. The first kappa shape index (κ1) is 19.8. The van der Waals surface area contributed by atoms with Crippen molar-refractivity contribution in [3.63, 3.8) is 0 Å². The van der Waals surface area contributed by atoms with Crippen LogP contribution in [0.15, 0.2) is 54.6 Å². The van der Waals surface area contributed by atoms with Gasteiger partial charge < -0.3 is 10.1 Å². The highest BCUT2D eigenvalue weighted by Gasteiger charge is 2.16. The van der Waals surface area contributed by atoms with Crippen molar-refractivity contribution in [1.82, 2.24) is 9.78 Å². The molecule has 146 valence electrons. The monoisotopic (exact) mass is 388 g/mol. The Kier molecular flexibility index (Phi) is 6.05. The second-order valence-corrected chi connectivity index (χ2v) is 6.49. The molecular weight excluding hydrogens is 368 g/mol. The highest BCUT2D eigenvalue weighted by Crippen LogP contribution is 2.22. The summed E-state index contributed by atoms with van der Waals surface area (Å²) in [5, 5.41) is 16.1. The van der Waals surface area contributed by atoms with Gasteiger partial charge in [0, 0.05) is 0 Å². The summed E-state index contributed by atoms with van der Waals surface area (Å²) >= 11 is 0. The maximum atomic E-state index is 12.3. The number of nitrogens with one attached hydrogen (secondary N) is 1. The lowest BCUT2D eigenvalue weighted by Crippen LogP contribution is -2.22. The van der Waals surface area contributed by atoms with Crippen LogP contribution in [0.1, 0.15) is 22.5 Å². The number of hydrogen-bond donors (Lipinski definition) is 1. The summed E-state index contributed by atoms with van der Waals surface area (Å²) < 4.78 is 6.81. The molecule has 0 aliphatic carbocycles. The number of nitrogens with zero attached hydrogens (tertiary/aromatic N) is 3. The number of aryl methyl sites for hydroxylation is 1. The number of aromatic nitrogens is 2. The van der Waals surface area contributed by atoms with E-state index in [1.807, 2.05) is 43.3 Å². The predicted molar refractivity (Wildman–Crippen MR) is 107 cm³/mol. The molecule has 1 heterocycles. The van der Waals surface area contributed by atoms with Crippen molar-refractivity contribution in [2.45, 2.75) is 20.3 Å². The topological polar surface area (TPSA) is 97.0 Å². The van der Waals surface area contributed by atoms with Crippen LogP contribution >= 0.6 is 0 Å². The van der Waals surface area contributed by atoms with Crippen molar-refractivity contribution in [3.05, 3.63) is 77.1 Å². The zero-order chi connectivity index (χ0) is 20.8. The van der Waals surface area contributed by atoms with Crippen LogP contribution < -0.4 is 5.32 Å². The Balaban J connectivity index is 1.59. The zero-order valence-corrected chi connectivity index (χ0v) is 16.2. The lowest BCUT2D eigenvalue weighted by Gasteiger charge is -2.08. The molecular formula is C22H20N4O3. The molecule has 0 atom stereocenters. The number of anilines is 1. The quantitative estimate of drug-likeness (QED) is 0.655. The molecule has 0 saturated carbocycles. The van der Waals surface area contributed by atoms with Gasteiger partial charge in [0.15, 0.2) is 6.61 Å². The molecule has 2 aromatic carbocycles. The standard InChI is InChI=1S/C22H20N4O3/c1-15-22(16(2)26(25-15)19-9-4-3-5-10-19)24-20(27)14-29-21(28)12-17-7-6-8-18(11-17)13-23/h3-11H,12,14H2,1-2H3,(H,24,27). The number of ether oxygens (including phenoxy) is 1. The fourth-order valence-electron chi connectivity index (χ4n) is 2.93. The summed E-state index contributed by atoms with van der Waals surface area (Å²) in [7, 11) is 0. The Morgan fingerprint density at radius 1 is 1.14 bits per heavy atom. The van der Waals surface area contributed by atoms with E-state index in [-0.39, 0.29) is 6.42 Å². The first-order chi connectivity index (χ1) is 14.0. The summed E-state index contributed by atoms with van der Waals surface area (Å²) in [6, 6.07) is 18.3. The molecule has 0 fully saturated rings. The molecule has 0 radical (unpaired) electrons. The van der Waals surface area contributed by atoms with Crippen LogP contribution in [0, 0.1) is 25.2 Å². The van der Waals surface area contributed by atoms with E-state index < -0.39 is 18.5 Å². The number of nitriles is 1. The van der Waals surface area contributed by atoms with Gasteiger partial charge in [-0.25, -0.2) is 4.68 Å². The molecule has 3 rings (SSSR count). The third-order valence-electron chi connectivity index (χ3n) is 4.33. The van der Waals surface area contributed by atoms with E-state index in [1.54, 1.807) is 35.9 Å². The molecule has 3 aromatic rings. The molecule has 1 aromatic heterocycles. The van der Waals surface area contributed by atoms with Crippen molar-refractivity contribution < 1.29 is 14.3 Å². The average Bonchev–Trinajstić information content (AvgIpc) is 3.01. The van der Waals surface area contributed by atoms with Gasteiger partial charge >= 0.3 is 5.97 Å². The molecule has 1 amide bonds. The maximum absolute atomic E-state index is 12.3. The van der Waals surface area contributed by atoms with Gasteiger partial charge in [-0.05, 0) is 43.7 Å². The normalized spacial score (nSPS) is 10.2. The van der Waals surface area contributed by atoms with Crippen molar-refractivity contribution in [2.75, 3.05) is 11.9 Å². The minimum Gasteiger partial charge on any atom is -0.455 e. The van der Waals surface area contributed by atoms with E-state index in [2.05, 4.69) is 10.4 Å². The minimum absolute atomic E-state index is 0.00715. The van der Waals surface area contributed by atoms with Gasteiger partial charge in [0.25, 0.3) is 5.91 Å². The molecule has 7 nitrogen and oxygen atoms in total. The number of benzene rings is 2. The second-order valence-electron chi connectivity index (χ2n) is 6.49. The third kappa shape index (κ3) is 4.87. The fourth-order valence-corrected chi connectivity index (χ4v) is 2.93. The Hall–Kier alpha value is -3.92. The van der Waals surface area contributed by atoms with Crippen LogP contribution in [-0.4, -0.2) is 28.3 Å². The van der Waals surface area contributed by atoms with Crippen LogP contribution in [0.25, 0.3) is 5.69 Å². The summed E-state index contributed by atoms with van der Waals surface area (Å²) in [6.45, 7) is 3.26. The van der Waals surface area contributed by atoms with E-state index in [0.29, 0.717) is 22.5 Å². The van der Waals surface area contributed by atoms with Gasteiger partial charge in [0.1, 0.15) is 0 Å². The first-order valence-electron chi connectivity index (χ1n) is 9.04. The van der Waals surface area contributed by atoms with Crippen LogP contribution in [0.3, 0.4) is 0 Å². The number of esters is 1. The highest BCUT2D eigenvalue weighted by atomic mass is 16.5. The Bertz CT molecular complexity index is 1080. The average molecular weight is 388 g/mol. The van der Waals surface area contributed by atoms with Crippen molar-refractivity contribution in [3.8, 4) is 11.8 Å². The van der Waals surface area contributed by atoms with Crippen molar-refractivity contribution >= 4 is 17.6 Å².